The largest absolute Gasteiger partial charge is 0.388 e. The number of hydrogen-bond acceptors (Lipinski definition) is 2. The van der Waals surface area contributed by atoms with Gasteiger partial charge in [0.15, 0.2) is 0 Å². The Morgan fingerprint density at radius 1 is 0.864 bits per heavy atom. The van der Waals surface area contributed by atoms with Gasteiger partial charge in [0.2, 0.25) is 0 Å². The first-order valence-electron chi connectivity index (χ1n) is 7.66. The molecule has 0 aliphatic carbocycles. The molecule has 0 radical (unpaired) electrons. The van der Waals surface area contributed by atoms with Crippen molar-refractivity contribution in [1.29, 1.82) is 0 Å². The van der Waals surface area contributed by atoms with Crippen LogP contribution in [-0.4, -0.2) is 18.7 Å². The van der Waals surface area contributed by atoms with Crippen LogP contribution >= 0.6 is 0 Å². The number of hydrogen-bond donors (Lipinski definition) is 2. The maximum absolute atomic E-state index is 10.9. The van der Waals surface area contributed by atoms with Gasteiger partial charge in [-0.3, -0.25) is 0 Å². The third kappa shape index (κ3) is 2.89. The molecule has 0 fully saturated rings. The lowest BCUT2D eigenvalue weighted by molar-refractivity contribution is 0.145. The second-order valence-electron chi connectivity index (χ2n) is 5.59. The lowest BCUT2D eigenvalue weighted by Crippen LogP contribution is -2.23. The Balaban J connectivity index is 2.07. The lowest BCUT2D eigenvalue weighted by Gasteiger charge is -2.25. The van der Waals surface area contributed by atoms with E-state index in [1.807, 2.05) is 43.4 Å². The van der Waals surface area contributed by atoms with E-state index in [9.17, 15) is 5.11 Å². The van der Waals surface area contributed by atoms with Crippen LogP contribution in [0.5, 0.6) is 0 Å². The molecule has 2 N–H and O–H groups in total. The first-order valence-corrected chi connectivity index (χ1v) is 7.66. The minimum Gasteiger partial charge on any atom is -0.388 e. The summed E-state index contributed by atoms with van der Waals surface area (Å²) < 4.78 is 0. The van der Waals surface area contributed by atoms with Gasteiger partial charge in [-0.05, 0) is 28.9 Å². The monoisotopic (exact) mass is 291 g/mol. The molecule has 2 heteroatoms. The molecule has 3 aromatic carbocycles. The van der Waals surface area contributed by atoms with Crippen LogP contribution in [0.4, 0.5) is 0 Å². The van der Waals surface area contributed by atoms with Gasteiger partial charge in [0.25, 0.3) is 0 Å². The van der Waals surface area contributed by atoms with Gasteiger partial charge in [-0.2, -0.15) is 0 Å². The predicted molar refractivity (Wildman–Crippen MR) is 92.0 cm³/mol. The number of fused-ring (bicyclic) bond motifs is 1. The number of likely N-dealkylation sites (N-methyl/N-ethyl adjacent to an activating group) is 1. The van der Waals surface area contributed by atoms with E-state index >= 15 is 0 Å². The summed E-state index contributed by atoms with van der Waals surface area (Å²) in [5, 5.41) is 16.5. The van der Waals surface area contributed by atoms with Crippen LogP contribution in [0.1, 0.15) is 23.1 Å². The van der Waals surface area contributed by atoms with Crippen LogP contribution < -0.4 is 5.32 Å². The molecule has 0 aromatic heterocycles. The quantitative estimate of drug-likeness (QED) is 0.748. The lowest BCUT2D eigenvalue weighted by atomic mass is 9.86. The van der Waals surface area contributed by atoms with Crippen LogP contribution in [0.2, 0.25) is 0 Å². The molecule has 0 heterocycles. The minimum atomic E-state index is -0.528. The Bertz CT molecular complexity index is 734. The van der Waals surface area contributed by atoms with E-state index in [1.54, 1.807) is 0 Å². The average Bonchev–Trinajstić information content (AvgIpc) is 2.59. The zero-order chi connectivity index (χ0) is 15.4. The molecule has 0 saturated carbocycles. The molecule has 0 saturated heterocycles. The summed E-state index contributed by atoms with van der Waals surface area (Å²) in [5.74, 6) is 0.0125. The van der Waals surface area contributed by atoms with Gasteiger partial charge >= 0.3 is 0 Å². The van der Waals surface area contributed by atoms with Crippen molar-refractivity contribution >= 4 is 10.8 Å². The number of rotatable bonds is 5. The number of nitrogens with one attached hydrogen (secondary N) is 1. The highest BCUT2D eigenvalue weighted by molar-refractivity contribution is 5.86. The van der Waals surface area contributed by atoms with E-state index in [-0.39, 0.29) is 5.92 Å². The molecular formula is C20H21NO. The minimum absolute atomic E-state index is 0.0125. The summed E-state index contributed by atoms with van der Waals surface area (Å²) >= 11 is 0. The summed E-state index contributed by atoms with van der Waals surface area (Å²) in [7, 11) is 1.93. The first kappa shape index (κ1) is 14.8. The molecule has 0 unspecified atom stereocenters. The summed E-state index contributed by atoms with van der Waals surface area (Å²) in [6.07, 6.45) is -0.528. The maximum Gasteiger partial charge on any atom is 0.0870 e. The Morgan fingerprint density at radius 3 is 2.32 bits per heavy atom. The molecule has 0 spiro atoms. The Morgan fingerprint density at radius 2 is 1.55 bits per heavy atom. The van der Waals surface area contributed by atoms with Gasteiger partial charge < -0.3 is 10.4 Å². The van der Waals surface area contributed by atoms with Crippen LogP contribution in [0.3, 0.4) is 0 Å². The SMILES string of the molecule is CNC[C@H](c1cccc2ccccc12)[C@H](O)c1ccccc1. The van der Waals surface area contributed by atoms with Crippen molar-refractivity contribution in [3.63, 3.8) is 0 Å². The topological polar surface area (TPSA) is 32.3 Å². The fourth-order valence-electron chi connectivity index (χ4n) is 3.07. The molecule has 0 bridgehead atoms. The highest BCUT2D eigenvalue weighted by Crippen LogP contribution is 2.34. The summed E-state index contributed by atoms with van der Waals surface area (Å²) in [6, 6.07) is 24.5. The first-order chi connectivity index (χ1) is 10.8. The molecular weight excluding hydrogens is 270 g/mol. The smallest absolute Gasteiger partial charge is 0.0870 e. The molecule has 3 rings (SSSR count). The molecule has 22 heavy (non-hydrogen) atoms. The Hall–Kier alpha value is -2.16. The zero-order valence-corrected chi connectivity index (χ0v) is 12.7. The fraction of sp³-hybridized carbons (Fsp3) is 0.200. The van der Waals surface area contributed by atoms with E-state index in [1.165, 1.54) is 16.3 Å². The van der Waals surface area contributed by atoms with E-state index in [0.717, 1.165) is 12.1 Å². The second kappa shape index (κ2) is 6.73. The summed E-state index contributed by atoms with van der Waals surface area (Å²) in [5.41, 5.74) is 2.14. The van der Waals surface area contributed by atoms with Crippen molar-refractivity contribution in [3.8, 4) is 0 Å². The third-order valence-corrected chi connectivity index (χ3v) is 4.17. The van der Waals surface area contributed by atoms with Crippen molar-refractivity contribution in [3.05, 3.63) is 83.9 Å². The van der Waals surface area contributed by atoms with Crippen LogP contribution in [0.15, 0.2) is 72.8 Å². The van der Waals surface area contributed by atoms with Gasteiger partial charge in [-0.25, -0.2) is 0 Å². The Labute approximate surface area is 131 Å². The molecule has 3 aromatic rings. The van der Waals surface area contributed by atoms with Gasteiger partial charge in [-0.15, -0.1) is 0 Å². The van der Waals surface area contributed by atoms with Crippen LogP contribution in [-0.2, 0) is 0 Å². The van der Waals surface area contributed by atoms with Crippen LogP contribution in [0, 0.1) is 0 Å². The fourth-order valence-corrected chi connectivity index (χ4v) is 3.07. The molecule has 0 amide bonds. The molecule has 0 aliphatic heterocycles. The zero-order valence-electron chi connectivity index (χ0n) is 12.7. The van der Waals surface area contributed by atoms with Gasteiger partial charge in [0.1, 0.15) is 0 Å². The third-order valence-electron chi connectivity index (χ3n) is 4.17. The van der Waals surface area contributed by atoms with Gasteiger partial charge in [0.05, 0.1) is 6.10 Å². The standard InChI is InChI=1S/C20H21NO/c1-21-14-19(20(22)16-9-3-2-4-10-16)18-13-7-11-15-8-5-6-12-17(15)18/h2-13,19-22H,14H2,1H3/t19-,20-/m1/s1. The van der Waals surface area contributed by atoms with E-state index < -0.39 is 6.10 Å². The van der Waals surface area contributed by atoms with Crippen LogP contribution in [0.25, 0.3) is 10.8 Å². The molecule has 112 valence electrons. The van der Waals surface area contributed by atoms with Crippen molar-refractivity contribution in [1.82, 2.24) is 5.32 Å². The van der Waals surface area contributed by atoms with Crippen molar-refractivity contribution < 1.29 is 5.11 Å². The predicted octanol–water partition coefficient (Wildman–Crippen LogP) is 3.88. The van der Waals surface area contributed by atoms with E-state index in [2.05, 4.69) is 41.7 Å². The number of aliphatic hydroxyl groups excluding tert-OH is 1. The number of benzene rings is 3. The highest BCUT2D eigenvalue weighted by atomic mass is 16.3. The van der Waals surface area contributed by atoms with Gasteiger partial charge in [-0.1, -0.05) is 72.8 Å². The summed E-state index contributed by atoms with van der Waals surface area (Å²) in [4.78, 5) is 0. The second-order valence-corrected chi connectivity index (χ2v) is 5.59. The van der Waals surface area contributed by atoms with E-state index in [0.29, 0.717) is 0 Å². The van der Waals surface area contributed by atoms with Crippen molar-refractivity contribution in [2.75, 3.05) is 13.6 Å². The molecule has 0 aliphatic rings. The maximum atomic E-state index is 10.9. The van der Waals surface area contributed by atoms with Crippen molar-refractivity contribution in [2.45, 2.75) is 12.0 Å². The normalized spacial score (nSPS) is 13.9. The molecule has 2 nitrogen and oxygen atoms in total. The molecule has 2 atom stereocenters. The summed E-state index contributed by atoms with van der Waals surface area (Å²) in [6.45, 7) is 0.726. The average molecular weight is 291 g/mol. The van der Waals surface area contributed by atoms with Gasteiger partial charge in [0, 0.05) is 12.5 Å². The van der Waals surface area contributed by atoms with E-state index in [4.69, 9.17) is 0 Å². The number of aliphatic hydroxyl groups is 1. The van der Waals surface area contributed by atoms with Crippen molar-refractivity contribution in [2.24, 2.45) is 0 Å². The Kier molecular flexibility index (Phi) is 4.52. The highest BCUT2D eigenvalue weighted by Gasteiger charge is 2.23.